The maximum Gasteiger partial charge on any atom is 0.239 e. The maximum atomic E-state index is 11.6. The third-order valence-electron chi connectivity index (χ3n) is 3.84. The van der Waals surface area contributed by atoms with E-state index >= 15 is 0 Å². The minimum Gasteiger partial charge on any atom is -0.354 e. The number of nitrogens with two attached hydrogens (primary N) is 1. The summed E-state index contributed by atoms with van der Waals surface area (Å²) in [6.07, 6.45) is 3.62. The lowest BCUT2D eigenvalue weighted by atomic mass is 10.1. The SMILES string of the molecule is CC1CCC(CNC(=O)CNC(=O)[C@@H](N)C(C)C)C1. The molecule has 0 spiro atoms. The minimum atomic E-state index is -0.552. The van der Waals surface area contributed by atoms with Crippen molar-refractivity contribution in [3.63, 3.8) is 0 Å². The van der Waals surface area contributed by atoms with Crippen LogP contribution in [0.2, 0.25) is 0 Å². The van der Waals surface area contributed by atoms with Crippen LogP contribution in [-0.2, 0) is 9.59 Å². The van der Waals surface area contributed by atoms with E-state index in [2.05, 4.69) is 17.6 Å². The number of carbonyl (C=O) groups excluding carboxylic acids is 2. The Labute approximate surface area is 115 Å². The highest BCUT2D eigenvalue weighted by molar-refractivity contribution is 5.87. The Kier molecular flexibility index (Phi) is 6.28. The van der Waals surface area contributed by atoms with Gasteiger partial charge >= 0.3 is 0 Å². The van der Waals surface area contributed by atoms with Gasteiger partial charge in [-0.25, -0.2) is 0 Å². The molecule has 0 heterocycles. The molecule has 1 fully saturated rings. The Morgan fingerprint density at radius 1 is 1.26 bits per heavy atom. The van der Waals surface area contributed by atoms with Gasteiger partial charge in [0.05, 0.1) is 12.6 Å². The molecule has 3 atom stereocenters. The van der Waals surface area contributed by atoms with Crippen LogP contribution in [0.5, 0.6) is 0 Å². The molecule has 2 unspecified atom stereocenters. The lowest BCUT2D eigenvalue weighted by Gasteiger charge is -2.16. The standard InChI is InChI=1S/C14H27N3O2/c1-9(2)13(15)14(19)17-8-12(18)16-7-11-5-4-10(3)6-11/h9-11,13H,4-8,15H2,1-3H3,(H,16,18)(H,17,19)/t10?,11?,13-/m0/s1. The molecule has 5 heteroatoms. The fourth-order valence-corrected chi connectivity index (χ4v) is 2.42. The molecule has 4 N–H and O–H groups in total. The molecule has 0 radical (unpaired) electrons. The van der Waals surface area contributed by atoms with Crippen molar-refractivity contribution in [3.05, 3.63) is 0 Å². The van der Waals surface area contributed by atoms with Crippen molar-refractivity contribution in [3.8, 4) is 0 Å². The number of nitrogens with one attached hydrogen (secondary N) is 2. The molecule has 2 amide bonds. The van der Waals surface area contributed by atoms with E-state index in [0.29, 0.717) is 5.92 Å². The van der Waals surface area contributed by atoms with Gasteiger partial charge in [-0.2, -0.15) is 0 Å². The fraction of sp³-hybridized carbons (Fsp3) is 0.857. The fourth-order valence-electron chi connectivity index (χ4n) is 2.42. The highest BCUT2D eigenvalue weighted by Crippen LogP contribution is 2.29. The van der Waals surface area contributed by atoms with Gasteiger partial charge in [-0.05, 0) is 30.6 Å². The zero-order valence-electron chi connectivity index (χ0n) is 12.2. The number of hydrogen-bond acceptors (Lipinski definition) is 3. The van der Waals surface area contributed by atoms with E-state index < -0.39 is 6.04 Å². The van der Waals surface area contributed by atoms with Crippen LogP contribution in [0.1, 0.15) is 40.0 Å². The van der Waals surface area contributed by atoms with Gasteiger partial charge < -0.3 is 16.4 Å². The van der Waals surface area contributed by atoms with Crippen LogP contribution in [0.15, 0.2) is 0 Å². The predicted molar refractivity (Wildman–Crippen MR) is 75.3 cm³/mol. The molecule has 0 bridgehead atoms. The molecule has 1 aliphatic rings. The Balaban J connectivity index is 2.16. The van der Waals surface area contributed by atoms with E-state index in [-0.39, 0.29) is 24.3 Å². The molecule has 0 aromatic heterocycles. The van der Waals surface area contributed by atoms with Crippen LogP contribution >= 0.6 is 0 Å². The largest absolute Gasteiger partial charge is 0.354 e. The van der Waals surface area contributed by atoms with Crippen molar-refractivity contribution in [2.24, 2.45) is 23.5 Å². The van der Waals surface area contributed by atoms with Crippen molar-refractivity contribution in [2.75, 3.05) is 13.1 Å². The Hall–Kier alpha value is -1.10. The quantitative estimate of drug-likeness (QED) is 0.661. The van der Waals surface area contributed by atoms with Gasteiger partial charge in [0, 0.05) is 6.54 Å². The lowest BCUT2D eigenvalue weighted by Crippen LogP contribution is -2.47. The molecule has 1 rings (SSSR count). The van der Waals surface area contributed by atoms with Crippen LogP contribution < -0.4 is 16.4 Å². The van der Waals surface area contributed by atoms with Crippen molar-refractivity contribution in [2.45, 2.75) is 46.1 Å². The van der Waals surface area contributed by atoms with Crippen molar-refractivity contribution in [1.82, 2.24) is 10.6 Å². The van der Waals surface area contributed by atoms with Gasteiger partial charge in [0.1, 0.15) is 0 Å². The molecule has 110 valence electrons. The van der Waals surface area contributed by atoms with E-state index in [0.717, 1.165) is 12.5 Å². The van der Waals surface area contributed by atoms with Crippen LogP contribution in [0, 0.1) is 17.8 Å². The van der Waals surface area contributed by atoms with Crippen molar-refractivity contribution < 1.29 is 9.59 Å². The van der Waals surface area contributed by atoms with Gasteiger partial charge in [-0.15, -0.1) is 0 Å². The highest BCUT2D eigenvalue weighted by Gasteiger charge is 2.22. The average Bonchev–Trinajstić information content (AvgIpc) is 2.78. The monoisotopic (exact) mass is 269 g/mol. The Bertz CT molecular complexity index is 318. The number of rotatable bonds is 6. The van der Waals surface area contributed by atoms with Gasteiger partial charge in [0.25, 0.3) is 0 Å². The number of amides is 2. The smallest absolute Gasteiger partial charge is 0.239 e. The molecule has 1 saturated carbocycles. The highest BCUT2D eigenvalue weighted by atomic mass is 16.2. The van der Waals surface area contributed by atoms with Gasteiger partial charge in [0.2, 0.25) is 11.8 Å². The van der Waals surface area contributed by atoms with Crippen molar-refractivity contribution in [1.29, 1.82) is 0 Å². The first-order chi connectivity index (χ1) is 8.90. The van der Waals surface area contributed by atoms with E-state index in [1.807, 2.05) is 13.8 Å². The van der Waals surface area contributed by atoms with Gasteiger partial charge in [-0.3, -0.25) is 9.59 Å². The maximum absolute atomic E-state index is 11.6. The summed E-state index contributed by atoms with van der Waals surface area (Å²) in [5, 5.41) is 5.45. The molecule has 0 aliphatic heterocycles. The van der Waals surface area contributed by atoms with E-state index in [9.17, 15) is 9.59 Å². The summed E-state index contributed by atoms with van der Waals surface area (Å²) in [6.45, 7) is 6.74. The minimum absolute atomic E-state index is 0.0154. The third-order valence-corrected chi connectivity index (χ3v) is 3.84. The molecule has 0 aromatic rings. The van der Waals surface area contributed by atoms with Gasteiger partial charge in [-0.1, -0.05) is 27.2 Å². The summed E-state index contributed by atoms with van der Waals surface area (Å²) >= 11 is 0. The average molecular weight is 269 g/mol. The normalized spacial score (nSPS) is 24.3. The van der Waals surface area contributed by atoms with Crippen LogP contribution in [0.3, 0.4) is 0 Å². The van der Waals surface area contributed by atoms with Crippen LogP contribution in [-0.4, -0.2) is 30.9 Å². The first-order valence-corrected chi connectivity index (χ1v) is 7.20. The molecule has 5 nitrogen and oxygen atoms in total. The second kappa shape index (κ2) is 7.48. The zero-order valence-corrected chi connectivity index (χ0v) is 12.2. The molecule has 1 aliphatic carbocycles. The van der Waals surface area contributed by atoms with Crippen LogP contribution in [0.25, 0.3) is 0 Å². The topological polar surface area (TPSA) is 84.2 Å². The summed E-state index contributed by atoms with van der Waals surface area (Å²) in [4.78, 5) is 23.2. The van der Waals surface area contributed by atoms with Crippen LogP contribution in [0.4, 0.5) is 0 Å². The third kappa shape index (κ3) is 5.59. The molecular weight excluding hydrogens is 242 g/mol. The van der Waals surface area contributed by atoms with E-state index in [1.165, 1.54) is 19.3 Å². The molecule has 19 heavy (non-hydrogen) atoms. The zero-order chi connectivity index (χ0) is 14.4. The lowest BCUT2D eigenvalue weighted by molar-refractivity contribution is -0.127. The summed E-state index contributed by atoms with van der Waals surface area (Å²) in [6, 6.07) is -0.552. The summed E-state index contributed by atoms with van der Waals surface area (Å²) in [5.74, 6) is 1.03. The van der Waals surface area contributed by atoms with Gasteiger partial charge in [0.15, 0.2) is 0 Å². The molecule has 0 saturated heterocycles. The second-order valence-electron chi connectivity index (χ2n) is 6.08. The van der Waals surface area contributed by atoms with E-state index in [1.54, 1.807) is 0 Å². The Morgan fingerprint density at radius 3 is 2.47 bits per heavy atom. The predicted octanol–water partition coefficient (Wildman–Crippen LogP) is 0.638. The molecule has 0 aromatic carbocycles. The summed E-state index contributed by atoms with van der Waals surface area (Å²) in [7, 11) is 0. The first-order valence-electron chi connectivity index (χ1n) is 7.20. The number of hydrogen-bond donors (Lipinski definition) is 3. The summed E-state index contributed by atoms with van der Waals surface area (Å²) < 4.78 is 0. The number of carbonyl (C=O) groups is 2. The Morgan fingerprint density at radius 2 is 1.95 bits per heavy atom. The molecular formula is C14H27N3O2. The summed E-state index contributed by atoms with van der Waals surface area (Å²) in [5.41, 5.74) is 5.69. The van der Waals surface area contributed by atoms with E-state index in [4.69, 9.17) is 5.73 Å². The van der Waals surface area contributed by atoms with Crippen molar-refractivity contribution >= 4 is 11.8 Å². The second-order valence-corrected chi connectivity index (χ2v) is 6.08. The first kappa shape index (κ1) is 16.0.